The number of carbonyl (C=O) groups is 1. The summed E-state index contributed by atoms with van der Waals surface area (Å²) in [6.07, 6.45) is 0. The van der Waals surface area contributed by atoms with Crippen LogP contribution in [0.25, 0.3) is 11.1 Å². The van der Waals surface area contributed by atoms with Gasteiger partial charge in [-0.15, -0.1) is 0 Å². The molecule has 0 fully saturated rings. The van der Waals surface area contributed by atoms with E-state index in [0.717, 1.165) is 16.7 Å². The first kappa shape index (κ1) is 12.8. The van der Waals surface area contributed by atoms with Gasteiger partial charge in [0.15, 0.2) is 0 Å². The molecule has 4 aliphatic carbocycles. The van der Waals surface area contributed by atoms with Crippen molar-refractivity contribution in [3.8, 4) is 11.1 Å². The Balaban J connectivity index is 2.04. The van der Waals surface area contributed by atoms with Crippen LogP contribution in [-0.4, -0.2) is 11.1 Å². The second-order valence-corrected chi connectivity index (χ2v) is 5.58. The topological polar surface area (TPSA) is 37.3 Å². The highest BCUT2D eigenvalue weighted by atomic mass is 16.4. The molecule has 0 radical (unpaired) electrons. The Labute approximate surface area is 128 Å². The first-order valence-corrected chi connectivity index (χ1v) is 7.26. The van der Waals surface area contributed by atoms with E-state index in [4.69, 9.17) is 0 Å². The van der Waals surface area contributed by atoms with Gasteiger partial charge in [-0.1, -0.05) is 66.7 Å². The lowest BCUT2D eigenvalue weighted by atomic mass is 9.85. The maximum atomic E-state index is 11.6. The Morgan fingerprint density at radius 1 is 0.773 bits per heavy atom. The quantitative estimate of drug-likeness (QED) is 0.587. The van der Waals surface area contributed by atoms with E-state index >= 15 is 0 Å². The number of hydrogen-bond donors (Lipinski definition) is 1. The van der Waals surface area contributed by atoms with Gasteiger partial charge >= 0.3 is 5.97 Å². The molecule has 7 rings (SSSR count). The van der Waals surface area contributed by atoms with Gasteiger partial charge in [-0.25, -0.2) is 4.79 Å². The summed E-state index contributed by atoms with van der Waals surface area (Å²) < 4.78 is 0. The van der Waals surface area contributed by atoms with Crippen LogP contribution in [0.3, 0.4) is 0 Å². The number of aromatic carboxylic acids is 1. The SMILES string of the molecule is O=C(O)c1cc2ccc1-c1ccc(cc1)C2c1ccccc1. The molecule has 0 aliphatic heterocycles. The number of carboxylic acids is 1. The minimum Gasteiger partial charge on any atom is -0.478 e. The summed E-state index contributed by atoms with van der Waals surface area (Å²) in [5, 5.41) is 9.55. The zero-order valence-corrected chi connectivity index (χ0v) is 11.9. The monoisotopic (exact) mass is 286 g/mol. The van der Waals surface area contributed by atoms with E-state index in [0.29, 0.717) is 5.56 Å². The van der Waals surface area contributed by atoms with Crippen LogP contribution in [0.5, 0.6) is 0 Å². The van der Waals surface area contributed by atoms with Crippen molar-refractivity contribution >= 4 is 5.97 Å². The summed E-state index contributed by atoms with van der Waals surface area (Å²) in [6, 6.07) is 24.2. The van der Waals surface area contributed by atoms with Crippen LogP contribution < -0.4 is 0 Å². The van der Waals surface area contributed by atoms with Crippen LogP contribution in [0.2, 0.25) is 0 Å². The molecule has 4 bridgehead atoms. The van der Waals surface area contributed by atoms with Gasteiger partial charge in [-0.2, -0.15) is 0 Å². The van der Waals surface area contributed by atoms with Gasteiger partial charge in [0.05, 0.1) is 5.56 Å². The molecule has 1 unspecified atom stereocenters. The standard InChI is InChI=1S/C20H14O2/c21-20(22)18-12-16-10-11-17(18)13-6-8-15(9-7-13)19(16)14-4-2-1-3-5-14/h1-12,19H,(H,21,22). The molecular formula is C20H14O2. The molecule has 106 valence electrons. The van der Waals surface area contributed by atoms with Crippen molar-refractivity contribution in [1.29, 1.82) is 0 Å². The smallest absolute Gasteiger partial charge is 0.336 e. The minimum atomic E-state index is -0.881. The molecule has 3 aromatic rings. The van der Waals surface area contributed by atoms with E-state index in [9.17, 15) is 9.90 Å². The number of carboxylic acid groups (broad SMARTS) is 1. The molecule has 2 heteroatoms. The summed E-state index contributed by atoms with van der Waals surface area (Å²) in [5.74, 6) is -0.825. The normalized spacial score (nSPS) is 15.2. The highest BCUT2D eigenvalue weighted by Crippen LogP contribution is 2.38. The first-order chi connectivity index (χ1) is 10.7. The van der Waals surface area contributed by atoms with E-state index in [1.807, 2.05) is 48.5 Å². The average molecular weight is 286 g/mol. The van der Waals surface area contributed by atoms with Gasteiger partial charge in [-0.05, 0) is 33.9 Å². The van der Waals surface area contributed by atoms with Crippen molar-refractivity contribution in [2.75, 3.05) is 0 Å². The maximum Gasteiger partial charge on any atom is 0.336 e. The summed E-state index contributed by atoms with van der Waals surface area (Å²) in [5.41, 5.74) is 5.45. The molecule has 0 heterocycles. The Morgan fingerprint density at radius 3 is 2.09 bits per heavy atom. The average Bonchev–Trinajstić information content (AvgIpc) is 2.74. The minimum absolute atomic E-state index is 0.0560. The Bertz CT molecular complexity index is 849. The van der Waals surface area contributed by atoms with E-state index < -0.39 is 5.97 Å². The summed E-state index contributed by atoms with van der Waals surface area (Å²) in [6.45, 7) is 0. The lowest BCUT2D eigenvalue weighted by Gasteiger charge is -2.18. The van der Waals surface area contributed by atoms with Gasteiger partial charge in [0.1, 0.15) is 0 Å². The highest BCUT2D eigenvalue weighted by molar-refractivity contribution is 5.96. The van der Waals surface area contributed by atoms with Crippen molar-refractivity contribution < 1.29 is 9.90 Å². The molecule has 22 heavy (non-hydrogen) atoms. The van der Waals surface area contributed by atoms with E-state index in [1.165, 1.54) is 11.1 Å². The van der Waals surface area contributed by atoms with Crippen LogP contribution in [0.4, 0.5) is 0 Å². The predicted octanol–water partition coefficient (Wildman–Crippen LogP) is 4.55. The summed E-state index contributed by atoms with van der Waals surface area (Å²) >= 11 is 0. The highest BCUT2D eigenvalue weighted by Gasteiger charge is 2.22. The summed E-state index contributed by atoms with van der Waals surface area (Å²) in [7, 11) is 0. The lowest BCUT2D eigenvalue weighted by molar-refractivity contribution is 0.0697. The van der Waals surface area contributed by atoms with E-state index in [-0.39, 0.29) is 5.92 Å². The Kier molecular flexibility index (Phi) is 2.83. The van der Waals surface area contributed by atoms with E-state index in [1.54, 1.807) is 0 Å². The van der Waals surface area contributed by atoms with Crippen LogP contribution in [-0.2, 0) is 0 Å². The van der Waals surface area contributed by atoms with Crippen molar-refractivity contribution in [2.45, 2.75) is 5.92 Å². The van der Waals surface area contributed by atoms with Crippen LogP contribution in [0, 0.1) is 0 Å². The van der Waals surface area contributed by atoms with Crippen LogP contribution in [0.1, 0.15) is 33.0 Å². The molecule has 4 aliphatic rings. The fraction of sp³-hybridized carbons (Fsp3) is 0.0500. The molecule has 0 spiro atoms. The molecular weight excluding hydrogens is 272 g/mol. The molecule has 1 atom stereocenters. The van der Waals surface area contributed by atoms with Crippen molar-refractivity contribution in [3.63, 3.8) is 0 Å². The third kappa shape index (κ3) is 1.92. The Hall–Kier alpha value is -2.87. The number of benzene rings is 3. The predicted molar refractivity (Wildman–Crippen MR) is 86.2 cm³/mol. The third-order valence-corrected chi connectivity index (χ3v) is 4.30. The second kappa shape index (κ2) is 4.85. The Morgan fingerprint density at radius 2 is 1.41 bits per heavy atom. The van der Waals surface area contributed by atoms with Gasteiger partial charge < -0.3 is 5.11 Å². The third-order valence-electron chi connectivity index (χ3n) is 4.30. The molecule has 0 aromatic heterocycles. The van der Waals surface area contributed by atoms with Crippen molar-refractivity contribution in [3.05, 3.63) is 95.1 Å². The van der Waals surface area contributed by atoms with Gasteiger partial charge in [0, 0.05) is 5.92 Å². The molecule has 3 aromatic carbocycles. The van der Waals surface area contributed by atoms with Crippen molar-refractivity contribution in [1.82, 2.24) is 0 Å². The number of rotatable bonds is 2. The zero-order valence-electron chi connectivity index (χ0n) is 11.9. The van der Waals surface area contributed by atoms with E-state index in [2.05, 4.69) is 24.3 Å². The van der Waals surface area contributed by atoms with Gasteiger partial charge in [-0.3, -0.25) is 0 Å². The molecule has 0 amide bonds. The molecule has 0 saturated carbocycles. The van der Waals surface area contributed by atoms with Crippen molar-refractivity contribution in [2.24, 2.45) is 0 Å². The van der Waals surface area contributed by atoms with Crippen LogP contribution >= 0.6 is 0 Å². The lowest BCUT2D eigenvalue weighted by Crippen LogP contribution is -2.05. The van der Waals surface area contributed by atoms with Crippen LogP contribution in [0.15, 0.2) is 72.8 Å². The fourth-order valence-electron chi connectivity index (χ4n) is 3.25. The van der Waals surface area contributed by atoms with Gasteiger partial charge in [0.2, 0.25) is 0 Å². The fourth-order valence-corrected chi connectivity index (χ4v) is 3.25. The molecule has 2 nitrogen and oxygen atoms in total. The van der Waals surface area contributed by atoms with Gasteiger partial charge in [0.25, 0.3) is 0 Å². The zero-order chi connectivity index (χ0) is 15.1. The number of hydrogen-bond acceptors (Lipinski definition) is 1. The maximum absolute atomic E-state index is 11.6. The molecule has 0 saturated heterocycles. The molecule has 1 N–H and O–H groups in total. The second-order valence-electron chi connectivity index (χ2n) is 5.58. The first-order valence-electron chi connectivity index (χ1n) is 7.26. The summed E-state index contributed by atoms with van der Waals surface area (Å²) in [4.78, 5) is 11.6. The largest absolute Gasteiger partial charge is 0.478 e.